The number of terminal acetylenes is 1. The number of alkyl halides is 3. The van der Waals surface area contributed by atoms with Crippen LogP contribution >= 0.6 is 0 Å². The van der Waals surface area contributed by atoms with E-state index in [1.165, 1.54) is 12.1 Å². The van der Waals surface area contributed by atoms with Crippen molar-refractivity contribution in [3.8, 4) is 18.1 Å². The molecule has 0 amide bonds. The number of hydrogen-bond acceptors (Lipinski definition) is 2. The first-order chi connectivity index (χ1) is 9.89. The lowest BCUT2D eigenvalue weighted by molar-refractivity contribution is -0.153. The average Bonchev–Trinajstić information content (AvgIpc) is 2.45. The molecule has 1 aliphatic heterocycles. The van der Waals surface area contributed by atoms with E-state index >= 15 is 0 Å². The fourth-order valence-electron chi connectivity index (χ4n) is 1.94. The van der Waals surface area contributed by atoms with Gasteiger partial charge in [-0.15, -0.1) is 6.42 Å². The highest BCUT2D eigenvalue weighted by atomic mass is 19.4. The fourth-order valence-corrected chi connectivity index (χ4v) is 1.94. The number of halogens is 3. The first-order valence-electron chi connectivity index (χ1n) is 6.31. The van der Waals surface area contributed by atoms with Crippen LogP contribution in [0.5, 0.6) is 5.75 Å². The van der Waals surface area contributed by atoms with E-state index in [2.05, 4.69) is 22.6 Å². The Morgan fingerprint density at radius 3 is 2.52 bits per heavy atom. The highest BCUT2D eigenvalue weighted by molar-refractivity contribution is 5.67. The molecule has 110 valence electrons. The van der Waals surface area contributed by atoms with Crippen molar-refractivity contribution in [2.24, 2.45) is 5.92 Å². The molecule has 0 aliphatic carbocycles. The first kappa shape index (κ1) is 15.0. The van der Waals surface area contributed by atoms with Gasteiger partial charge in [0.25, 0.3) is 0 Å². The van der Waals surface area contributed by atoms with Crippen molar-refractivity contribution in [1.29, 1.82) is 0 Å². The summed E-state index contributed by atoms with van der Waals surface area (Å²) in [5.74, 6) is 2.77. The van der Waals surface area contributed by atoms with Crippen molar-refractivity contribution in [3.63, 3.8) is 0 Å². The molecule has 1 unspecified atom stereocenters. The molecule has 1 aromatic carbocycles. The molecule has 0 saturated heterocycles. The molecule has 5 heteroatoms. The lowest BCUT2D eigenvalue weighted by atomic mass is 9.96. The van der Waals surface area contributed by atoms with Crippen LogP contribution in [0.15, 0.2) is 42.6 Å². The van der Waals surface area contributed by atoms with E-state index in [0.29, 0.717) is 6.42 Å². The van der Waals surface area contributed by atoms with Gasteiger partial charge in [0, 0.05) is 11.4 Å². The van der Waals surface area contributed by atoms with Crippen LogP contribution in [-0.2, 0) is 0 Å². The summed E-state index contributed by atoms with van der Waals surface area (Å²) in [4.78, 5) is 0. The van der Waals surface area contributed by atoms with Crippen molar-refractivity contribution in [2.45, 2.75) is 12.6 Å². The highest BCUT2D eigenvalue weighted by Gasteiger charge is 2.28. The van der Waals surface area contributed by atoms with Crippen LogP contribution in [0.2, 0.25) is 0 Å². The number of ether oxygens (including phenoxy) is 1. The number of nitrogens with one attached hydrogen (secondary N) is 1. The molecule has 0 radical (unpaired) electrons. The number of hydrogen-bond donors (Lipinski definition) is 1. The minimum atomic E-state index is -4.34. The van der Waals surface area contributed by atoms with Gasteiger partial charge in [0.2, 0.25) is 0 Å². The third-order valence-electron chi connectivity index (χ3n) is 3.04. The lowest BCUT2D eigenvalue weighted by Crippen LogP contribution is -2.21. The third-order valence-corrected chi connectivity index (χ3v) is 3.04. The van der Waals surface area contributed by atoms with Gasteiger partial charge in [-0.2, -0.15) is 13.2 Å². The molecule has 1 aliphatic rings. The van der Waals surface area contributed by atoms with Crippen LogP contribution in [0, 0.1) is 18.3 Å². The Labute approximate surface area is 121 Å². The smallest absolute Gasteiger partial charge is 0.422 e. The highest BCUT2D eigenvalue weighted by Crippen LogP contribution is 2.26. The Balaban J connectivity index is 2.05. The third kappa shape index (κ3) is 4.06. The topological polar surface area (TPSA) is 21.3 Å². The maximum atomic E-state index is 12.1. The Bertz CT molecular complexity index is 593. The molecule has 0 saturated carbocycles. The molecule has 21 heavy (non-hydrogen) atoms. The van der Waals surface area contributed by atoms with E-state index in [4.69, 9.17) is 6.42 Å². The van der Waals surface area contributed by atoms with Gasteiger partial charge < -0.3 is 10.1 Å². The molecule has 0 spiro atoms. The molecule has 1 aromatic rings. The van der Waals surface area contributed by atoms with Crippen molar-refractivity contribution in [1.82, 2.24) is 5.32 Å². The monoisotopic (exact) mass is 293 g/mol. The zero-order chi connectivity index (χ0) is 15.5. The molecular formula is C16H14F3NO. The Morgan fingerprint density at radius 1 is 1.33 bits per heavy atom. The maximum absolute atomic E-state index is 12.1. The van der Waals surface area contributed by atoms with Crippen molar-refractivity contribution < 1.29 is 17.9 Å². The van der Waals surface area contributed by atoms with Gasteiger partial charge >= 0.3 is 6.18 Å². The Morgan fingerprint density at radius 2 is 2.00 bits per heavy atom. The number of benzene rings is 1. The fraction of sp³-hybridized carbons (Fsp3) is 0.250. The van der Waals surface area contributed by atoms with Gasteiger partial charge in [0.15, 0.2) is 6.61 Å². The zero-order valence-electron chi connectivity index (χ0n) is 11.2. The predicted octanol–water partition coefficient (Wildman–Crippen LogP) is 3.73. The second kappa shape index (κ2) is 5.96. The summed E-state index contributed by atoms with van der Waals surface area (Å²) in [5, 5.41) is 3.11. The standard InChI is InChI=1S/C16H14F3NO/c1-3-12-6-9-15(20-11(12)2)13-4-7-14(8-5-13)21-10-16(17,18)19/h1,4-5,7-9,12,20H,2,6,10H2. The normalized spacial score (nSPS) is 18.5. The molecule has 0 bridgehead atoms. The first-order valence-corrected chi connectivity index (χ1v) is 6.31. The lowest BCUT2D eigenvalue weighted by Gasteiger charge is -2.23. The summed E-state index contributed by atoms with van der Waals surface area (Å²) in [6.45, 7) is 2.57. The van der Waals surface area contributed by atoms with Gasteiger partial charge in [-0.1, -0.05) is 18.6 Å². The predicted molar refractivity (Wildman–Crippen MR) is 75.2 cm³/mol. The van der Waals surface area contributed by atoms with Gasteiger partial charge in [-0.25, -0.2) is 0 Å². The summed E-state index contributed by atoms with van der Waals surface area (Å²) in [5.41, 5.74) is 2.42. The molecule has 1 atom stereocenters. The van der Waals surface area contributed by atoms with E-state index < -0.39 is 12.8 Å². The largest absolute Gasteiger partial charge is 0.484 e. The van der Waals surface area contributed by atoms with Gasteiger partial charge in [-0.05, 0) is 36.2 Å². The number of rotatable bonds is 3. The zero-order valence-corrected chi connectivity index (χ0v) is 11.2. The molecule has 2 nitrogen and oxygen atoms in total. The second-order valence-electron chi connectivity index (χ2n) is 4.65. The van der Waals surface area contributed by atoms with E-state index in [1.807, 2.05) is 6.08 Å². The van der Waals surface area contributed by atoms with E-state index in [1.54, 1.807) is 12.1 Å². The molecule has 1 heterocycles. The average molecular weight is 293 g/mol. The van der Waals surface area contributed by atoms with Crippen LogP contribution in [0.1, 0.15) is 12.0 Å². The minimum Gasteiger partial charge on any atom is -0.484 e. The Kier molecular flexibility index (Phi) is 4.27. The van der Waals surface area contributed by atoms with Crippen LogP contribution in [-0.4, -0.2) is 12.8 Å². The van der Waals surface area contributed by atoms with E-state index in [-0.39, 0.29) is 11.7 Å². The van der Waals surface area contributed by atoms with Crippen LogP contribution < -0.4 is 10.1 Å². The van der Waals surface area contributed by atoms with Crippen molar-refractivity contribution >= 4 is 5.70 Å². The van der Waals surface area contributed by atoms with Gasteiger partial charge in [0.1, 0.15) is 5.75 Å². The van der Waals surface area contributed by atoms with E-state index in [9.17, 15) is 13.2 Å². The maximum Gasteiger partial charge on any atom is 0.422 e. The van der Waals surface area contributed by atoms with Crippen molar-refractivity contribution in [2.75, 3.05) is 6.61 Å². The van der Waals surface area contributed by atoms with Gasteiger partial charge in [-0.3, -0.25) is 0 Å². The SMILES string of the molecule is C#CC1CC=C(c2ccc(OCC(F)(F)F)cc2)NC1=C. The van der Waals surface area contributed by atoms with Crippen LogP contribution in [0.4, 0.5) is 13.2 Å². The van der Waals surface area contributed by atoms with Gasteiger partial charge in [0.05, 0.1) is 5.92 Å². The molecule has 1 N–H and O–H groups in total. The molecule has 0 aromatic heterocycles. The van der Waals surface area contributed by atoms with E-state index in [0.717, 1.165) is 17.0 Å². The summed E-state index contributed by atoms with van der Waals surface area (Å²) in [7, 11) is 0. The quantitative estimate of drug-likeness (QED) is 0.858. The summed E-state index contributed by atoms with van der Waals surface area (Å²) in [6, 6.07) is 6.38. The van der Waals surface area contributed by atoms with Crippen LogP contribution in [0.3, 0.4) is 0 Å². The molecular weight excluding hydrogens is 279 g/mol. The van der Waals surface area contributed by atoms with Crippen molar-refractivity contribution in [3.05, 3.63) is 48.2 Å². The summed E-state index contributed by atoms with van der Waals surface area (Å²) in [6.07, 6.45) is 3.67. The van der Waals surface area contributed by atoms with Crippen LogP contribution in [0.25, 0.3) is 5.70 Å². The molecule has 0 fully saturated rings. The Hall–Kier alpha value is -2.35. The molecule has 2 rings (SSSR count). The number of allylic oxidation sites excluding steroid dienone is 2. The summed E-state index contributed by atoms with van der Waals surface area (Å²) < 4.78 is 40.8. The minimum absolute atomic E-state index is 0.0388. The second-order valence-corrected chi connectivity index (χ2v) is 4.65. The summed E-state index contributed by atoms with van der Waals surface area (Å²) >= 11 is 0.